The first-order valence-corrected chi connectivity index (χ1v) is 4.26. The average molecular weight is 155 g/mol. The summed E-state index contributed by atoms with van der Waals surface area (Å²) in [7, 11) is 0. The summed E-state index contributed by atoms with van der Waals surface area (Å²) in [5.41, 5.74) is 0.435. The second-order valence-corrected chi connectivity index (χ2v) is 4.28. The summed E-state index contributed by atoms with van der Waals surface area (Å²) in [5.74, 6) is 0. The summed E-state index contributed by atoms with van der Waals surface area (Å²) in [5, 5.41) is 3.31. The molecule has 0 radical (unpaired) electrons. The van der Waals surface area contributed by atoms with Crippen molar-refractivity contribution in [3.8, 4) is 0 Å². The van der Waals surface area contributed by atoms with Gasteiger partial charge in [-0.3, -0.25) is 0 Å². The molecule has 0 heterocycles. The summed E-state index contributed by atoms with van der Waals surface area (Å²) in [6, 6.07) is 0. The van der Waals surface area contributed by atoms with Gasteiger partial charge in [-0.2, -0.15) is 0 Å². The molecule has 0 aliphatic carbocycles. The molecule has 0 bridgehead atoms. The zero-order valence-electron chi connectivity index (χ0n) is 8.49. The molecule has 0 spiro atoms. The van der Waals surface area contributed by atoms with Gasteiger partial charge in [0, 0.05) is 5.54 Å². The van der Waals surface area contributed by atoms with Crippen LogP contribution in [0.3, 0.4) is 0 Å². The van der Waals surface area contributed by atoms with Gasteiger partial charge in [0.25, 0.3) is 0 Å². The van der Waals surface area contributed by atoms with Crippen LogP contribution < -0.4 is 5.32 Å². The van der Waals surface area contributed by atoms with Crippen LogP contribution in [0.1, 0.15) is 41.0 Å². The minimum absolute atomic E-state index is 0.161. The van der Waals surface area contributed by atoms with Crippen LogP contribution in [0.4, 0.5) is 0 Å². The van der Waals surface area contributed by atoms with Crippen LogP contribution in [0.5, 0.6) is 0 Å². The van der Waals surface area contributed by atoms with Crippen LogP contribution in [0.15, 0.2) is 12.8 Å². The van der Waals surface area contributed by atoms with Crippen molar-refractivity contribution >= 4 is 0 Å². The summed E-state index contributed by atoms with van der Waals surface area (Å²) >= 11 is 0. The lowest BCUT2D eigenvalue weighted by molar-refractivity contribution is 0.169. The first kappa shape index (κ1) is 10.5. The van der Waals surface area contributed by atoms with E-state index in [9.17, 15) is 0 Å². The lowest BCUT2D eigenvalue weighted by Crippen LogP contribution is -2.49. The van der Waals surface area contributed by atoms with E-state index in [0.29, 0.717) is 0 Å². The van der Waals surface area contributed by atoms with Crippen LogP contribution in [0.25, 0.3) is 0 Å². The smallest absolute Gasteiger partial charge is 0.0385 e. The average Bonchev–Trinajstić information content (AvgIpc) is 1.86. The van der Waals surface area contributed by atoms with E-state index in [0.717, 1.165) is 6.42 Å². The molecule has 0 fully saturated rings. The van der Waals surface area contributed by atoms with Gasteiger partial charge >= 0.3 is 0 Å². The molecule has 1 N–H and O–H groups in total. The zero-order valence-corrected chi connectivity index (χ0v) is 8.49. The van der Waals surface area contributed by atoms with Gasteiger partial charge in [-0.25, -0.2) is 0 Å². The van der Waals surface area contributed by atoms with Crippen LogP contribution in [0, 0.1) is 5.41 Å². The van der Waals surface area contributed by atoms with E-state index in [1.54, 1.807) is 6.20 Å². The Labute approximate surface area is 70.9 Å². The number of rotatable bonds is 3. The molecule has 0 aromatic heterocycles. The Kier molecular flexibility index (Phi) is 3.15. The molecule has 0 amide bonds. The highest BCUT2D eigenvalue weighted by atomic mass is 15.0. The predicted molar refractivity (Wildman–Crippen MR) is 51.5 cm³/mol. The molecular weight excluding hydrogens is 134 g/mol. The third-order valence-corrected chi connectivity index (χ3v) is 2.78. The largest absolute Gasteiger partial charge is 0.386 e. The first-order chi connectivity index (χ1) is 4.87. The van der Waals surface area contributed by atoms with Gasteiger partial charge in [0.2, 0.25) is 0 Å². The molecule has 0 saturated carbocycles. The molecule has 0 aromatic rings. The molecule has 11 heavy (non-hydrogen) atoms. The highest BCUT2D eigenvalue weighted by molar-refractivity contribution is 4.95. The van der Waals surface area contributed by atoms with Crippen molar-refractivity contribution in [2.75, 3.05) is 0 Å². The van der Waals surface area contributed by atoms with Gasteiger partial charge in [0.1, 0.15) is 0 Å². The van der Waals surface area contributed by atoms with E-state index < -0.39 is 0 Å². The van der Waals surface area contributed by atoms with Gasteiger partial charge in [0.15, 0.2) is 0 Å². The highest BCUT2D eigenvalue weighted by Crippen LogP contribution is 2.32. The molecule has 1 unspecified atom stereocenters. The highest BCUT2D eigenvalue weighted by Gasteiger charge is 2.34. The van der Waals surface area contributed by atoms with E-state index in [2.05, 4.69) is 46.5 Å². The second kappa shape index (κ2) is 3.29. The SMILES string of the molecule is C=CNC(C)(CC)C(C)(C)C. The molecule has 0 aliphatic heterocycles. The quantitative estimate of drug-likeness (QED) is 0.660. The van der Waals surface area contributed by atoms with Gasteiger partial charge in [-0.05, 0) is 25.0 Å². The topological polar surface area (TPSA) is 12.0 Å². The third kappa shape index (κ3) is 2.25. The van der Waals surface area contributed by atoms with Crippen molar-refractivity contribution in [1.82, 2.24) is 5.32 Å². The number of hydrogen-bond donors (Lipinski definition) is 1. The van der Waals surface area contributed by atoms with E-state index in [4.69, 9.17) is 0 Å². The second-order valence-electron chi connectivity index (χ2n) is 4.28. The third-order valence-electron chi connectivity index (χ3n) is 2.78. The lowest BCUT2D eigenvalue weighted by atomic mass is 9.73. The Morgan fingerprint density at radius 1 is 1.27 bits per heavy atom. The first-order valence-electron chi connectivity index (χ1n) is 4.26. The van der Waals surface area contributed by atoms with Crippen molar-refractivity contribution in [2.45, 2.75) is 46.6 Å². The molecular formula is C10H21N. The van der Waals surface area contributed by atoms with Crippen molar-refractivity contribution in [3.63, 3.8) is 0 Å². The Balaban J connectivity index is 4.45. The Hall–Kier alpha value is -0.460. The number of hydrogen-bond acceptors (Lipinski definition) is 1. The molecule has 1 nitrogen and oxygen atoms in total. The zero-order chi connectivity index (χ0) is 9.12. The minimum Gasteiger partial charge on any atom is -0.386 e. The molecule has 0 rings (SSSR count). The Bertz CT molecular complexity index is 132. The fraction of sp³-hybridized carbons (Fsp3) is 0.800. The molecule has 1 atom stereocenters. The number of nitrogens with one attached hydrogen (secondary N) is 1. The van der Waals surface area contributed by atoms with Crippen LogP contribution in [-0.4, -0.2) is 5.54 Å². The molecule has 66 valence electrons. The molecule has 1 heteroatoms. The molecule has 0 aromatic carbocycles. The van der Waals surface area contributed by atoms with E-state index in [-0.39, 0.29) is 11.0 Å². The fourth-order valence-electron chi connectivity index (χ4n) is 1.07. The maximum atomic E-state index is 3.70. The maximum absolute atomic E-state index is 3.70. The van der Waals surface area contributed by atoms with Crippen LogP contribution in [0.2, 0.25) is 0 Å². The molecule has 0 aliphatic rings. The van der Waals surface area contributed by atoms with E-state index >= 15 is 0 Å². The summed E-state index contributed by atoms with van der Waals surface area (Å²) in [4.78, 5) is 0. The Morgan fingerprint density at radius 2 is 1.73 bits per heavy atom. The van der Waals surface area contributed by atoms with Crippen molar-refractivity contribution in [3.05, 3.63) is 12.8 Å². The normalized spacial score (nSPS) is 17.2. The van der Waals surface area contributed by atoms with Gasteiger partial charge < -0.3 is 5.32 Å². The monoisotopic (exact) mass is 155 g/mol. The van der Waals surface area contributed by atoms with Crippen molar-refractivity contribution in [2.24, 2.45) is 5.41 Å². The van der Waals surface area contributed by atoms with Crippen molar-refractivity contribution in [1.29, 1.82) is 0 Å². The van der Waals surface area contributed by atoms with Crippen LogP contribution >= 0.6 is 0 Å². The summed E-state index contributed by atoms with van der Waals surface area (Å²) < 4.78 is 0. The summed E-state index contributed by atoms with van der Waals surface area (Å²) in [6.45, 7) is 14.9. The maximum Gasteiger partial charge on any atom is 0.0385 e. The molecule has 0 saturated heterocycles. The van der Waals surface area contributed by atoms with Gasteiger partial charge in [0.05, 0.1) is 0 Å². The van der Waals surface area contributed by atoms with Gasteiger partial charge in [-0.15, -0.1) is 0 Å². The lowest BCUT2D eigenvalue weighted by Gasteiger charge is -2.41. The van der Waals surface area contributed by atoms with Crippen molar-refractivity contribution < 1.29 is 0 Å². The summed E-state index contributed by atoms with van der Waals surface area (Å²) in [6.07, 6.45) is 2.90. The van der Waals surface area contributed by atoms with E-state index in [1.165, 1.54) is 0 Å². The van der Waals surface area contributed by atoms with Crippen LogP contribution in [-0.2, 0) is 0 Å². The minimum atomic E-state index is 0.161. The van der Waals surface area contributed by atoms with E-state index in [1.807, 2.05) is 0 Å². The standard InChI is InChI=1S/C10H21N/c1-7-10(6,11-8-2)9(3,4)5/h8,11H,2,7H2,1,3-6H3. The fourth-order valence-corrected chi connectivity index (χ4v) is 1.07. The van der Waals surface area contributed by atoms with Gasteiger partial charge in [-0.1, -0.05) is 34.3 Å². The Morgan fingerprint density at radius 3 is 1.82 bits per heavy atom. The predicted octanol–water partition coefficient (Wildman–Crippen LogP) is 2.93.